The van der Waals surface area contributed by atoms with Crippen LogP contribution in [0, 0.1) is 0 Å². The number of hydrogen-bond donors (Lipinski definition) is 1. The molecule has 1 atom stereocenters. The van der Waals surface area contributed by atoms with Gasteiger partial charge in [0.2, 0.25) is 5.91 Å². The van der Waals surface area contributed by atoms with Crippen LogP contribution in [-0.2, 0) is 17.8 Å². The van der Waals surface area contributed by atoms with Gasteiger partial charge in [0.25, 0.3) is 0 Å². The molecule has 3 rings (SSSR count). The Morgan fingerprint density at radius 2 is 1.70 bits per heavy atom. The monoisotopic (exact) mass is 294 g/mol. The van der Waals surface area contributed by atoms with Crippen LogP contribution in [0.25, 0.3) is 0 Å². The van der Waals surface area contributed by atoms with E-state index in [0.717, 1.165) is 38.9 Å². The van der Waals surface area contributed by atoms with E-state index in [1.54, 1.807) is 0 Å². The smallest absolute Gasteiger partial charge is 0.240 e. The van der Waals surface area contributed by atoms with Crippen molar-refractivity contribution in [3.63, 3.8) is 0 Å². The molecule has 0 bridgehead atoms. The van der Waals surface area contributed by atoms with Crippen molar-refractivity contribution in [2.45, 2.75) is 44.7 Å². The number of nitrogens with zero attached hydrogens (tertiary/aromatic N) is 1. The molecule has 1 amide bonds. The van der Waals surface area contributed by atoms with E-state index in [1.807, 2.05) is 0 Å². The first-order chi connectivity index (χ1) is 9.34. The van der Waals surface area contributed by atoms with Crippen molar-refractivity contribution in [3.05, 3.63) is 35.4 Å². The second kappa shape index (κ2) is 7.09. The van der Waals surface area contributed by atoms with Crippen LogP contribution in [0.2, 0.25) is 0 Å². The second-order valence-corrected chi connectivity index (χ2v) is 5.65. The lowest BCUT2D eigenvalue weighted by Gasteiger charge is -2.30. The number of benzene rings is 1. The van der Waals surface area contributed by atoms with Gasteiger partial charge in [-0.05, 0) is 30.4 Å². The molecule has 2 aliphatic rings. The molecule has 20 heavy (non-hydrogen) atoms. The topological polar surface area (TPSA) is 32.3 Å². The van der Waals surface area contributed by atoms with Crippen LogP contribution in [0.5, 0.6) is 0 Å². The largest absolute Gasteiger partial charge is 0.341 e. The molecule has 0 aromatic heterocycles. The van der Waals surface area contributed by atoms with Crippen molar-refractivity contribution in [1.29, 1.82) is 0 Å². The molecule has 1 aromatic carbocycles. The molecule has 1 N–H and O–H groups in total. The lowest BCUT2D eigenvalue weighted by atomic mass is 9.95. The van der Waals surface area contributed by atoms with Gasteiger partial charge in [-0.1, -0.05) is 37.1 Å². The Hall–Kier alpha value is -1.06. The first kappa shape index (κ1) is 15.3. The fraction of sp³-hybridized carbons (Fsp3) is 0.562. The minimum absolute atomic E-state index is 0. The molecule has 0 radical (unpaired) electrons. The van der Waals surface area contributed by atoms with Crippen LogP contribution in [-0.4, -0.2) is 29.9 Å². The van der Waals surface area contributed by atoms with Crippen LogP contribution in [0.4, 0.5) is 0 Å². The first-order valence-corrected chi connectivity index (χ1v) is 7.43. The van der Waals surface area contributed by atoms with Gasteiger partial charge in [-0.3, -0.25) is 4.79 Å². The third kappa shape index (κ3) is 3.33. The maximum absolute atomic E-state index is 12.6. The molecule has 4 heteroatoms. The predicted molar refractivity (Wildman–Crippen MR) is 83.1 cm³/mol. The summed E-state index contributed by atoms with van der Waals surface area (Å²) in [6, 6.07) is 8.41. The zero-order chi connectivity index (χ0) is 13.1. The number of carbonyl (C=O) groups is 1. The van der Waals surface area contributed by atoms with Crippen molar-refractivity contribution < 1.29 is 4.79 Å². The molecule has 0 spiro atoms. The number of likely N-dealkylation sites (tertiary alicyclic amines) is 1. The van der Waals surface area contributed by atoms with Crippen molar-refractivity contribution >= 4 is 18.3 Å². The summed E-state index contributed by atoms with van der Waals surface area (Å²) in [4.78, 5) is 14.6. The summed E-state index contributed by atoms with van der Waals surface area (Å²) in [5, 5.41) is 3.40. The van der Waals surface area contributed by atoms with Crippen LogP contribution < -0.4 is 5.32 Å². The van der Waals surface area contributed by atoms with Crippen LogP contribution >= 0.6 is 12.4 Å². The van der Waals surface area contributed by atoms with E-state index >= 15 is 0 Å². The number of rotatable bonds is 1. The van der Waals surface area contributed by atoms with Gasteiger partial charge in [-0.15, -0.1) is 12.4 Å². The number of nitrogens with one attached hydrogen (secondary N) is 1. The van der Waals surface area contributed by atoms with Gasteiger partial charge in [0.1, 0.15) is 0 Å². The van der Waals surface area contributed by atoms with E-state index < -0.39 is 0 Å². The molecule has 1 unspecified atom stereocenters. The Bertz CT molecular complexity index is 456. The molecule has 1 fully saturated rings. The molecule has 2 heterocycles. The average molecular weight is 295 g/mol. The molecule has 2 aliphatic heterocycles. The van der Waals surface area contributed by atoms with Crippen LogP contribution in [0.3, 0.4) is 0 Å². The summed E-state index contributed by atoms with van der Waals surface area (Å²) in [6.45, 7) is 2.71. The van der Waals surface area contributed by atoms with E-state index in [-0.39, 0.29) is 18.4 Å². The van der Waals surface area contributed by atoms with Gasteiger partial charge in [0.15, 0.2) is 0 Å². The van der Waals surface area contributed by atoms with Crippen LogP contribution in [0.1, 0.15) is 36.8 Å². The molecular weight excluding hydrogens is 272 g/mol. The number of halogens is 1. The predicted octanol–water partition coefficient (Wildman–Crippen LogP) is 2.53. The van der Waals surface area contributed by atoms with Crippen molar-refractivity contribution in [2.75, 3.05) is 13.1 Å². The zero-order valence-corrected chi connectivity index (χ0v) is 12.6. The van der Waals surface area contributed by atoms with Crippen LogP contribution in [0.15, 0.2) is 24.3 Å². The van der Waals surface area contributed by atoms with Gasteiger partial charge in [-0.2, -0.15) is 0 Å². The van der Waals surface area contributed by atoms with E-state index in [1.165, 1.54) is 24.0 Å². The number of carbonyl (C=O) groups excluding carboxylic acids is 1. The summed E-state index contributed by atoms with van der Waals surface area (Å²) in [6.07, 6.45) is 5.70. The Morgan fingerprint density at radius 3 is 2.40 bits per heavy atom. The first-order valence-electron chi connectivity index (χ1n) is 7.43. The van der Waals surface area contributed by atoms with Crippen molar-refractivity contribution in [2.24, 2.45) is 0 Å². The minimum Gasteiger partial charge on any atom is -0.341 e. The highest BCUT2D eigenvalue weighted by molar-refractivity contribution is 5.85. The molecular formula is C16H23ClN2O. The highest BCUT2D eigenvalue weighted by Crippen LogP contribution is 2.18. The normalized spacial score (nSPS) is 22.4. The summed E-state index contributed by atoms with van der Waals surface area (Å²) < 4.78 is 0. The summed E-state index contributed by atoms with van der Waals surface area (Å²) in [5.41, 5.74) is 2.66. The van der Waals surface area contributed by atoms with E-state index in [9.17, 15) is 4.79 Å². The molecule has 1 saturated heterocycles. The average Bonchev–Trinajstić information content (AvgIpc) is 2.75. The molecule has 1 aromatic rings. The third-order valence-electron chi connectivity index (χ3n) is 4.30. The van der Waals surface area contributed by atoms with Gasteiger partial charge in [0.05, 0.1) is 6.04 Å². The molecule has 110 valence electrons. The second-order valence-electron chi connectivity index (χ2n) is 5.65. The Labute approximate surface area is 127 Å². The van der Waals surface area contributed by atoms with Gasteiger partial charge >= 0.3 is 0 Å². The third-order valence-corrected chi connectivity index (χ3v) is 4.30. The lowest BCUT2D eigenvalue weighted by Crippen LogP contribution is -2.49. The van der Waals surface area contributed by atoms with Gasteiger partial charge in [0, 0.05) is 19.6 Å². The highest BCUT2D eigenvalue weighted by Gasteiger charge is 2.27. The summed E-state index contributed by atoms with van der Waals surface area (Å²) in [5.74, 6) is 0.302. The number of hydrogen-bond acceptors (Lipinski definition) is 2. The van der Waals surface area contributed by atoms with Gasteiger partial charge < -0.3 is 10.2 Å². The maximum Gasteiger partial charge on any atom is 0.240 e. The Balaban J connectivity index is 0.00000147. The lowest BCUT2D eigenvalue weighted by molar-refractivity contribution is -0.133. The number of amides is 1. The van der Waals surface area contributed by atoms with E-state index in [2.05, 4.69) is 34.5 Å². The quantitative estimate of drug-likeness (QED) is 0.863. The van der Waals surface area contributed by atoms with E-state index in [0.29, 0.717) is 5.91 Å². The fourth-order valence-corrected chi connectivity index (χ4v) is 3.14. The minimum atomic E-state index is -0.0204. The highest BCUT2D eigenvalue weighted by atomic mass is 35.5. The molecule has 0 aliphatic carbocycles. The molecule has 0 saturated carbocycles. The van der Waals surface area contributed by atoms with Crippen molar-refractivity contribution in [1.82, 2.24) is 10.2 Å². The summed E-state index contributed by atoms with van der Waals surface area (Å²) in [7, 11) is 0. The fourth-order valence-electron chi connectivity index (χ4n) is 3.14. The van der Waals surface area contributed by atoms with Gasteiger partial charge in [-0.25, -0.2) is 0 Å². The zero-order valence-electron chi connectivity index (χ0n) is 11.8. The maximum atomic E-state index is 12.6. The Morgan fingerprint density at radius 1 is 1.05 bits per heavy atom. The SMILES string of the molecule is Cl.O=C(C1Cc2ccccc2CN1)N1CCCCCC1. The Kier molecular flexibility index (Phi) is 5.44. The summed E-state index contributed by atoms with van der Waals surface area (Å²) >= 11 is 0. The van der Waals surface area contributed by atoms with E-state index in [4.69, 9.17) is 0 Å². The molecule has 3 nitrogen and oxygen atoms in total. The van der Waals surface area contributed by atoms with Crippen molar-refractivity contribution in [3.8, 4) is 0 Å². The number of fused-ring (bicyclic) bond motifs is 1. The standard InChI is InChI=1S/C16H22N2O.ClH/c19-16(18-9-5-1-2-6-10-18)15-11-13-7-3-4-8-14(13)12-17-15;/h3-4,7-8,15,17H,1-2,5-6,9-12H2;1H.